The fourth-order valence-electron chi connectivity index (χ4n) is 1.22. The molecule has 2 nitrogen and oxygen atoms in total. The highest BCUT2D eigenvalue weighted by molar-refractivity contribution is 6.42. The summed E-state index contributed by atoms with van der Waals surface area (Å²) in [6.07, 6.45) is 1.83. The highest BCUT2D eigenvalue weighted by Crippen LogP contribution is 2.31. The Bertz CT molecular complexity index is 355. The Morgan fingerprint density at radius 2 is 2.25 bits per heavy atom. The van der Waals surface area contributed by atoms with Crippen LogP contribution >= 0.6 is 23.2 Å². The minimum absolute atomic E-state index is 0.0240. The Hall–Kier alpha value is -0.700. The summed E-state index contributed by atoms with van der Waals surface area (Å²) in [5.41, 5.74) is 0. The largest absolute Gasteiger partial charge is 0.488 e. The molecule has 88 valence electrons. The molecule has 1 rings (SSSR count). The van der Waals surface area contributed by atoms with Crippen LogP contribution in [0.15, 0.2) is 30.9 Å². The summed E-state index contributed by atoms with van der Waals surface area (Å²) in [4.78, 5) is 0. The van der Waals surface area contributed by atoms with Gasteiger partial charge in [-0.1, -0.05) is 35.3 Å². The summed E-state index contributed by atoms with van der Waals surface area (Å²) in [7, 11) is 0. The Balaban J connectivity index is 2.52. The molecule has 1 unspecified atom stereocenters. The predicted octanol–water partition coefficient (Wildman–Crippen LogP) is 3.54. The summed E-state index contributed by atoms with van der Waals surface area (Å²) >= 11 is 11.9. The van der Waals surface area contributed by atoms with Gasteiger partial charge in [0, 0.05) is 13.1 Å². The van der Waals surface area contributed by atoms with Crippen LogP contribution in [0.25, 0.3) is 0 Å². The van der Waals surface area contributed by atoms with Gasteiger partial charge in [-0.3, -0.25) is 0 Å². The second kappa shape index (κ2) is 6.79. The molecule has 0 bridgehead atoms. The average Bonchev–Trinajstić information content (AvgIpc) is 2.25. The Morgan fingerprint density at radius 3 is 2.94 bits per heavy atom. The van der Waals surface area contributed by atoms with E-state index in [1.165, 1.54) is 0 Å². The lowest BCUT2D eigenvalue weighted by Gasteiger charge is -2.16. The van der Waals surface area contributed by atoms with Gasteiger partial charge in [-0.2, -0.15) is 0 Å². The molecule has 0 aliphatic rings. The molecule has 16 heavy (non-hydrogen) atoms. The van der Waals surface area contributed by atoms with E-state index in [1.807, 2.05) is 13.0 Å². The number of hydrogen-bond acceptors (Lipinski definition) is 2. The van der Waals surface area contributed by atoms with E-state index in [0.29, 0.717) is 15.8 Å². The first-order valence-electron chi connectivity index (χ1n) is 5.07. The Labute approximate surface area is 106 Å². The van der Waals surface area contributed by atoms with Crippen LogP contribution in [-0.4, -0.2) is 19.2 Å². The number of hydrogen-bond donors (Lipinski definition) is 1. The Kier molecular flexibility index (Phi) is 5.67. The van der Waals surface area contributed by atoms with E-state index in [4.69, 9.17) is 27.9 Å². The van der Waals surface area contributed by atoms with Crippen molar-refractivity contribution in [3.63, 3.8) is 0 Å². The van der Waals surface area contributed by atoms with Crippen LogP contribution in [0.4, 0.5) is 0 Å². The molecule has 0 saturated carbocycles. The molecule has 1 aromatic carbocycles. The van der Waals surface area contributed by atoms with Crippen molar-refractivity contribution in [2.45, 2.75) is 13.0 Å². The molecule has 0 aliphatic heterocycles. The van der Waals surface area contributed by atoms with Crippen LogP contribution in [0.5, 0.6) is 5.75 Å². The van der Waals surface area contributed by atoms with Gasteiger partial charge < -0.3 is 10.1 Å². The molecule has 0 radical (unpaired) electrons. The maximum absolute atomic E-state index is 6.01. The van der Waals surface area contributed by atoms with E-state index < -0.39 is 0 Å². The SMILES string of the molecule is C=CCNCC(C)Oc1cccc(Cl)c1Cl. The topological polar surface area (TPSA) is 21.3 Å². The number of rotatable bonds is 6. The van der Waals surface area contributed by atoms with E-state index >= 15 is 0 Å². The van der Waals surface area contributed by atoms with Crippen LogP contribution in [-0.2, 0) is 0 Å². The standard InChI is InChI=1S/C12H15Cl2NO/c1-3-7-15-8-9(2)16-11-6-4-5-10(13)12(11)14/h3-6,9,15H,1,7-8H2,2H3. The molecule has 4 heteroatoms. The zero-order valence-corrected chi connectivity index (χ0v) is 10.7. The molecule has 0 aliphatic carbocycles. The summed E-state index contributed by atoms with van der Waals surface area (Å²) in [6.45, 7) is 7.08. The number of halogens is 2. The Morgan fingerprint density at radius 1 is 1.50 bits per heavy atom. The lowest BCUT2D eigenvalue weighted by molar-refractivity contribution is 0.219. The monoisotopic (exact) mass is 259 g/mol. The summed E-state index contributed by atoms with van der Waals surface area (Å²) in [6, 6.07) is 5.35. The first kappa shape index (κ1) is 13.4. The number of nitrogens with one attached hydrogen (secondary N) is 1. The normalized spacial score (nSPS) is 12.2. The predicted molar refractivity (Wildman–Crippen MR) is 69.6 cm³/mol. The highest BCUT2D eigenvalue weighted by Gasteiger charge is 2.08. The zero-order chi connectivity index (χ0) is 12.0. The third-order valence-electron chi connectivity index (χ3n) is 1.96. The average molecular weight is 260 g/mol. The molecule has 0 fully saturated rings. The van der Waals surface area contributed by atoms with Gasteiger partial charge in [0.05, 0.1) is 5.02 Å². The molecule has 0 spiro atoms. The number of ether oxygens (including phenoxy) is 1. The first-order valence-corrected chi connectivity index (χ1v) is 5.83. The molecule has 1 atom stereocenters. The van der Waals surface area contributed by atoms with Crippen molar-refractivity contribution >= 4 is 23.2 Å². The van der Waals surface area contributed by atoms with Crippen molar-refractivity contribution in [3.05, 3.63) is 40.9 Å². The molecule has 0 aromatic heterocycles. The second-order valence-electron chi connectivity index (χ2n) is 3.43. The minimum atomic E-state index is 0.0240. The van der Waals surface area contributed by atoms with Crippen molar-refractivity contribution in [1.29, 1.82) is 0 Å². The fourth-order valence-corrected chi connectivity index (χ4v) is 1.56. The van der Waals surface area contributed by atoms with Crippen LogP contribution in [0.3, 0.4) is 0 Å². The van der Waals surface area contributed by atoms with E-state index in [9.17, 15) is 0 Å². The van der Waals surface area contributed by atoms with Crippen LogP contribution < -0.4 is 10.1 Å². The lowest BCUT2D eigenvalue weighted by Crippen LogP contribution is -2.29. The maximum Gasteiger partial charge on any atom is 0.139 e. The summed E-state index contributed by atoms with van der Waals surface area (Å²) < 4.78 is 5.66. The minimum Gasteiger partial charge on any atom is -0.488 e. The van der Waals surface area contributed by atoms with Gasteiger partial charge in [-0.05, 0) is 19.1 Å². The summed E-state index contributed by atoms with van der Waals surface area (Å²) in [5, 5.41) is 4.13. The van der Waals surface area contributed by atoms with Crippen molar-refractivity contribution in [2.75, 3.05) is 13.1 Å². The van der Waals surface area contributed by atoms with Gasteiger partial charge in [0.15, 0.2) is 0 Å². The van der Waals surface area contributed by atoms with Gasteiger partial charge in [-0.25, -0.2) is 0 Å². The van der Waals surface area contributed by atoms with Gasteiger partial charge in [-0.15, -0.1) is 6.58 Å². The third kappa shape index (κ3) is 4.05. The molecule has 1 N–H and O–H groups in total. The highest BCUT2D eigenvalue weighted by atomic mass is 35.5. The lowest BCUT2D eigenvalue weighted by atomic mass is 10.3. The van der Waals surface area contributed by atoms with E-state index in [2.05, 4.69) is 11.9 Å². The molecular formula is C12H15Cl2NO. The van der Waals surface area contributed by atoms with Gasteiger partial charge in [0.25, 0.3) is 0 Å². The van der Waals surface area contributed by atoms with Crippen LogP contribution in [0.1, 0.15) is 6.92 Å². The van der Waals surface area contributed by atoms with Crippen LogP contribution in [0, 0.1) is 0 Å². The van der Waals surface area contributed by atoms with Crippen molar-refractivity contribution < 1.29 is 4.74 Å². The van der Waals surface area contributed by atoms with Crippen LogP contribution in [0.2, 0.25) is 10.0 Å². The van der Waals surface area contributed by atoms with E-state index in [0.717, 1.165) is 13.1 Å². The molecule has 0 saturated heterocycles. The van der Waals surface area contributed by atoms with Crippen molar-refractivity contribution in [2.24, 2.45) is 0 Å². The molecular weight excluding hydrogens is 245 g/mol. The maximum atomic E-state index is 6.01. The smallest absolute Gasteiger partial charge is 0.139 e. The van der Waals surface area contributed by atoms with Gasteiger partial charge in [0.1, 0.15) is 16.9 Å². The molecule has 0 amide bonds. The molecule has 1 aromatic rings. The number of benzene rings is 1. The second-order valence-corrected chi connectivity index (χ2v) is 4.21. The first-order chi connectivity index (χ1) is 7.65. The summed E-state index contributed by atoms with van der Waals surface area (Å²) in [5.74, 6) is 0.613. The quantitative estimate of drug-likeness (QED) is 0.624. The van der Waals surface area contributed by atoms with Crippen molar-refractivity contribution in [3.8, 4) is 5.75 Å². The zero-order valence-electron chi connectivity index (χ0n) is 9.17. The van der Waals surface area contributed by atoms with E-state index in [-0.39, 0.29) is 6.10 Å². The third-order valence-corrected chi connectivity index (χ3v) is 2.77. The van der Waals surface area contributed by atoms with Gasteiger partial charge in [0.2, 0.25) is 0 Å². The fraction of sp³-hybridized carbons (Fsp3) is 0.333. The molecule has 0 heterocycles. The van der Waals surface area contributed by atoms with E-state index in [1.54, 1.807) is 18.2 Å². The van der Waals surface area contributed by atoms with Gasteiger partial charge >= 0.3 is 0 Å². The van der Waals surface area contributed by atoms with Crippen molar-refractivity contribution in [1.82, 2.24) is 5.32 Å².